The van der Waals surface area contributed by atoms with Gasteiger partial charge < -0.3 is 9.67 Å². The molecular weight excluding hydrogens is 190 g/mol. The van der Waals surface area contributed by atoms with Crippen molar-refractivity contribution in [2.45, 2.75) is 26.0 Å². The Kier molecular flexibility index (Phi) is 2.56. The average Bonchev–Trinajstić information content (AvgIpc) is 2.48. The number of aromatic nitrogens is 2. The minimum Gasteiger partial charge on any atom is -0.387 e. The molecule has 0 spiro atoms. The largest absolute Gasteiger partial charge is 0.387 e. The van der Waals surface area contributed by atoms with Crippen molar-refractivity contribution in [2.75, 3.05) is 13.1 Å². The van der Waals surface area contributed by atoms with Gasteiger partial charge in [0.25, 0.3) is 0 Å². The number of imidazole rings is 1. The SMILES string of the molecule is CC(C)C1(O)CN(Cc2cncn2C)C1. The summed E-state index contributed by atoms with van der Waals surface area (Å²) in [5.74, 6) is 0.334. The first-order valence-electron chi connectivity index (χ1n) is 5.41. The van der Waals surface area contributed by atoms with E-state index in [4.69, 9.17) is 0 Å². The molecule has 2 rings (SSSR count). The van der Waals surface area contributed by atoms with Crippen LogP contribution in [0.15, 0.2) is 12.5 Å². The van der Waals surface area contributed by atoms with Crippen LogP contribution in [-0.2, 0) is 13.6 Å². The predicted molar refractivity (Wildman–Crippen MR) is 58.3 cm³/mol. The van der Waals surface area contributed by atoms with Crippen molar-refractivity contribution in [1.82, 2.24) is 14.5 Å². The lowest BCUT2D eigenvalue weighted by Gasteiger charge is -2.49. The molecule has 0 amide bonds. The lowest BCUT2D eigenvalue weighted by molar-refractivity contribution is -0.131. The molecule has 0 bridgehead atoms. The van der Waals surface area contributed by atoms with Crippen molar-refractivity contribution in [3.8, 4) is 0 Å². The lowest BCUT2D eigenvalue weighted by Crippen LogP contribution is -2.63. The second kappa shape index (κ2) is 3.61. The van der Waals surface area contributed by atoms with Crippen LogP contribution in [-0.4, -0.2) is 38.2 Å². The molecule has 1 N–H and O–H groups in total. The summed E-state index contributed by atoms with van der Waals surface area (Å²) in [6.07, 6.45) is 3.69. The molecule has 84 valence electrons. The van der Waals surface area contributed by atoms with Gasteiger partial charge >= 0.3 is 0 Å². The third-order valence-corrected chi connectivity index (χ3v) is 3.37. The number of hydrogen-bond acceptors (Lipinski definition) is 3. The minimum absolute atomic E-state index is 0.334. The Morgan fingerprint density at radius 2 is 2.20 bits per heavy atom. The number of aliphatic hydroxyl groups is 1. The number of nitrogens with zero attached hydrogens (tertiary/aromatic N) is 3. The molecule has 1 aromatic rings. The van der Waals surface area contributed by atoms with Gasteiger partial charge in [0.2, 0.25) is 0 Å². The predicted octanol–water partition coefficient (Wildman–Crippen LogP) is 0.623. The highest BCUT2D eigenvalue weighted by atomic mass is 16.3. The molecule has 1 aromatic heterocycles. The van der Waals surface area contributed by atoms with Crippen LogP contribution in [0.1, 0.15) is 19.5 Å². The zero-order chi connectivity index (χ0) is 11.1. The molecule has 0 unspecified atom stereocenters. The second-order valence-corrected chi connectivity index (χ2v) is 4.90. The summed E-state index contributed by atoms with van der Waals surface area (Å²) in [5, 5.41) is 10.1. The van der Waals surface area contributed by atoms with E-state index in [1.807, 2.05) is 24.1 Å². The van der Waals surface area contributed by atoms with E-state index in [2.05, 4.69) is 23.7 Å². The van der Waals surface area contributed by atoms with Crippen molar-refractivity contribution in [1.29, 1.82) is 0 Å². The number of aryl methyl sites for hydroxylation is 1. The van der Waals surface area contributed by atoms with Gasteiger partial charge in [-0.1, -0.05) is 13.8 Å². The molecule has 0 radical (unpaired) electrons. The molecule has 15 heavy (non-hydrogen) atoms. The molecule has 0 saturated carbocycles. The number of rotatable bonds is 3. The standard InChI is InChI=1S/C11H19N3O/c1-9(2)11(15)6-14(7-11)5-10-4-12-8-13(10)3/h4,8-9,15H,5-7H2,1-3H3. The van der Waals surface area contributed by atoms with Crippen molar-refractivity contribution < 1.29 is 5.11 Å². The number of β-amino-alcohol motifs (C(OH)–C–C–N with tert-alkyl or cyclic N) is 1. The van der Waals surface area contributed by atoms with Crippen LogP contribution >= 0.6 is 0 Å². The maximum atomic E-state index is 10.1. The molecule has 2 heterocycles. The first-order valence-corrected chi connectivity index (χ1v) is 5.41. The van der Waals surface area contributed by atoms with Crippen LogP contribution in [0.2, 0.25) is 0 Å². The average molecular weight is 209 g/mol. The fraction of sp³-hybridized carbons (Fsp3) is 0.727. The zero-order valence-corrected chi connectivity index (χ0v) is 9.64. The maximum absolute atomic E-state index is 10.1. The van der Waals surface area contributed by atoms with Crippen molar-refractivity contribution in [3.05, 3.63) is 18.2 Å². The highest BCUT2D eigenvalue weighted by Gasteiger charge is 2.43. The highest BCUT2D eigenvalue weighted by molar-refractivity contribution is 5.03. The van der Waals surface area contributed by atoms with Crippen LogP contribution in [0.25, 0.3) is 0 Å². The number of likely N-dealkylation sites (tertiary alicyclic amines) is 1. The summed E-state index contributed by atoms with van der Waals surface area (Å²) >= 11 is 0. The van der Waals surface area contributed by atoms with E-state index in [1.54, 1.807) is 0 Å². The maximum Gasteiger partial charge on any atom is 0.0945 e. The van der Waals surface area contributed by atoms with Gasteiger partial charge in [-0.15, -0.1) is 0 Å². The van der Waals surface area contributed by atoms with Crippen molar-refractivity contribution in [3.63, 3.8) is 0 Å². The van der Waals surface area contributed by atoms with Gasteiger partial charge in [-0.05, 0) is 5.92 Å². The summed E-state index contributed by atoms with van der Waals surface area (Å²) in [5.41, 5.74) is 0.722. The van der Waals surface area contributed by atoms with Crippen LogP contribution in [0, 0.1) is 5.92 Å². The van der Waals surface area contributed by atoms with E-state index in [1.165, 1.54) is 5.69 Å². The van der Waals surface area contributed by atoms with Crippen LogP contribution in [0.4, 0.5) is 0 Å². The summed E-state index contributed by atoms with van der Waals surface area (Å²) in [7, 11) is 2.00. The van der Waals surface area contributed by atoms with E-state index < -0.39 is 5.60 Å². The molecule has 1 fully saturated rings. The smallest absolute Gasteiger partial charge is 0.0945 e. The van der Waals surface area contributed by atoms with Crippen LogP contribution in [0.3, 0.4) is 0 Å². The molecule has 1 aliphatic heterocycles. The fourth-order valence-electron chi connectivity index (χ4n) is 1.97. The fourth-order valence-corrected chi connectivity index (χ4v) is 1.97. The summed E-state index contributed by atoms with van der Waals surface area (Å²) in [6, 6.07) is 0. The summed E-state index contributed by atoms with van der Waals surface area (Å²) < 4.78 is 2.02. The Hall–Kier alpha value is -0.870. The second-order valence-electron chi connectivity index (χ2n) is 4.90. The number of hydrogen-bond donors (Lipinski definition) is 1. The van der Waals surface area contributed by atoms with Gasteiger partial charge in [0, 0.05) is 32.9 Å². The van der Waals surface area contributed by atoms with Gasteiger partial charge in [0.1, 0.15) is 0 Å². The Bertz CT molecular complexity index is 339. The van der Waals surface area contributed by atoms with Crippen LogP contribution < -0.4 is 0 Å². The summed E-state index contributed by atoms with van der Waals surface area (Å²) in [6.45, 7) is 6.57. The molecule has 4 heteroatoms. The van der Waals surface area contributed by atoms with Crippen molar-refractivity contribution in [2.24, 2.45) is 13.0 Å². The van der Waals surface area contributed by atoms with Gasteiger partial charge in [-0.2, -0.15) is 0 Å². The third kappa shape index (κ3) is 1.92. The third-order valence-electron chi connectivity index (χ3n) is 3.37. The van der Waals surface area contributed by atoms with E-state index in [9.17, 15) is 5.11 Å². The Labute approximate surface area is 90.5 Å². The van der Waals surface area contributed by atoms with E-state index in [0.29, 0.717) is 5.92 Å². The summed E-state index contributed by atoms with van der Waals surface area (Å²) in [4.78, 5) is 6.33. The van der Waals surface area contributed by atoms with E-state index in [-0.39, 0.29) is 0 Å². The van der Waals surface area contributed by atoms with Gasteiger partial charge in [-0.25, -0.2) is 4.98 Å². The first kappa shape index (κ1) is 10.6. The normalized spacial score (nSPS) is 20.6. The van der Waals surface area contributed by atoms with Crippen LogP contribution in [0.5, 0.6) is 0 Å². The molecule has 1 aliphatic rings. The van der Waals surface area contributed by atoms with Crippen molar-refractivity contribution >= 4 is 0 Å². The highest BCUT2D eigenvalue weighted by Crippen LogP contribution is 2.29. The van der Waals surface area contributed by atoms with E-state index >= 15 is 0 Å². The lowest BCUT2D eigenvalue weighted by atomic mass is 9.83. The van der Waals surface area contributed by atoms with E-state index in [0.717, 1.165) is 19.6 Å². The monoisotopic (exact) mass is 209 g/mol. The molecule has 1 saturated heterocycles. The van der Waals surface area contributed by atoms with Gasteiger partial charge in [0.05, 0.1) is 17.6 Å². The van der Waals surface area contributed by atoms with Gasteiger partial charge in [0.15, 0.2) is 0 Å². The molecule has 0 aromatic carbocycles. The molecule has 4 nitrogen and oxygen atoms in total. The Balaban J connectivity index is 1.89. The first-order chi connectivity index (χ1) is 7.01. The Morgan fingerprint density at radius 3 is 2.67 bits per heavy atom. The molecular formula is C11H19N3O. The zero-order valence-electron chi connectivity index (χ0n) is 9.64. The quantitative estimate of drug-likeness (QED) is 0.793. The molecule has 0 aliphatic carbocycles. The Morgan fingerprint density at radius 1 is 1.53 bits per heavy atom. The minimum atomic E-state index is -0.474. The van der Waals surface area contributed by atoms with Gasteiger partial charge in [-0.3, -0.25) is 4.90 Å². The molecule has 0 atom stereocenters. The topological polar surface area (TPSA) is 41.3 Å².